The molecule has 47 heavy (non-hydrogen) atoms. The van der Waals surface area contributed by atoms with Crippen LogP contribution in [0.1, 0.15) is 60.3 Å². The second kappa shape index (κ2) is 16.6. The van der Waals surface area contributed by atoms with Gasteiger partial charge < -0.3 is 14.8 Å². The molecule has 240 valence electrons. The predicted molar refractivity (Wildman–Crippen MR) is 183 cm³/mol. The van der Waals surface area contributed by atoms with E-state index in [2.05, 4.69) is 17.2 Å². The number of urea groups is 1. The van der Waals surface area contributed by atoms with Crippen LogP contribution in [0.5, 0.6) is 0 Å². The molecule has 8 heteroatoms. The summed E-state index contributed by atoms with van der Waals surface area (Å²) in [6, 6.07) is 33.6. The highest BCUT2D eigenvalue weighted by Crippen LogP contribution is 2.15. The minimum Gasteiger partial charge on any atom is -0.462 e. The van der Waals surface area contributed by atoms with Crippen molar-refractivity contribution >= 4 is 23.7 Å². The van der Waals surface area contributed by atoms with E-state index >= 15 is 0 Å². The largest absolute Gasteiger partial charge is 0.462 e. The Morgan fingerprint density at radius 2 is 1.34 bits per heavy atom. The molecule has 0 aliphatic rings. The molecule has 4 rings (SSSR count). The Labute approximate surface area is 276 Å². The number of nitrogens with one attached hydrogen (secondary N) is 1. The van der Waals surface area contributed by atoms with Crippen LogP contribution in [0.15, 0.2) is 120 Å². The maximum Gasteiger partial charge on any atom is 0.339 e. The van der Waals surface area contributed by atoms with Gasteiger partial charge in [0.15, 0.2) is 0 Å². The highest BCUT2D eigenvalue weighted by Gasteiger charge is 2.29. The molecule has 0 unspecified atom stereocenters. The van der Waals surface area contributed by atoms with Gasteiger partial charge in [0.1, 0.15) is 18.2 Å². The normalized spacial score (nSPS) is 11.2. The van der Waals surface area contributed by atoms with Gasteiger partial charge in [0.05, 0.1) is 17.9 Å². The van der Waals surface area contributed by atoms with Gasteiger partial charge in [-0.2, -0.15) is 5.10 Å². The molecule has 0 aliphatic carbocycles. The van der Waals surface area contributed by atoms with Crippen molar-refractivity contribution in [2.75, 3.05) is 13.2 Å². The first-order valence-electron chi connectivity index (χ1n) is 15.4. The molecule has 1 atom stereocenters. The molecule has 0 bridgehead atoms. The Kier molecular flexibility index (Phi) is 12.1. The molecule has 4 aromatic carbocycles. The summed E-state index contributed by atoms with van der Waals surface area (Å²) >= 11 is 0. The Morgan fingerprint density at radius 1 is 0.787 bits per heavy atom. The molecule has 0 saturated carbocycles. The monoisotopic (exact) mass is 629 g/mol. The van der Waals surface area contributed by atoms with Crippen molar-refractivity contribution in [1.29, 1.82) is 0 Å². The van der Waals surface area contributed by atoms with E-state index in [1.807, 2.05) is 91.0 Å². The molecule has 0 heterocycles. The third-order valence-electron chi connectivity index (χ3n) is 6.68. The summed E-state index contributed by atoms with van der Waals surface area (Å²) in [6.07, 6.45) is 0.224. The summed E-state index contributed by atoms with van der Waals surface area (Å²) in [6.45, 7) is 7.28. The minimum absolute atomic E-state index is 0.0962. The van der Waals surface area contributed by atoms with Gasteiger partial charge in [-0.3, -0.25) is 0 Å². The fourth-order valence-corrected chi connectivity index (χ4v) is 4.51. The van der Waals surface area contributed by atoms with Gasteiger partial charge in [-0.1, -0.05) is 103 Å². The maximum atomic E-state index is 14.0. The molecule has 0 saturated heterocycles. The fraction of sp³-hybridized carbons (Fsp3) is 0.231. The lowest BCUT2D eigenvalue weighted by atomic mass is 10.0. The first kappa shape index (κ1) is 34.2. The molecule has 0 aliphatic heterocycles. The summed E-state index contributed by atoms with van der Waals surface area (Å²) in [5.74, 6) is 5.11. The molecule has 0 fully saturated rings. The summed E-state index contributed by atoms with van der Waals surface area (Å²) in [4.78, 5) is 39.4. The topological polar surface area (TPSA) is 97.3 Å². The lowest BCUT2D eigenvalue weighted by Crippen LogP contribution is -2.49. The van der Waals surface area contributed by atoms with E-state index in [9.17, 15) is 14.4 Å². The average molecular weight is 630 g/mol. The standard InChI is InChI=1S/C39H39N3O5/c1-5-46-36(43)33-25-23-29(24-26-33)18-15-27-42(41-35(31-19-11-7-12-20-31)32-21-13-8-14-22-32)38(45)40-34(37(44)47-39(2,3)4)28-30-16-9-6-10-17-30/h6-14,16-17,19-26,34H,5,27-28H2,1-4H3,(H,40,45)/t34-/m1/s1. The molecule has 4 aromatic rings. The molecule has 0 radical (unpaired) electrons. The van der Waals surface area contributed by atoms with E-state index in [1.165, 1.54) is 5.01 Å². The van der Waals surface area contributed by atoms with Crippen LogP contribution in [0.3, 0.4) is 0 Å². The number of carbonyl (C=O) groups is 3. The number of hydrazone groups is 1. The van der Waals surface area contributed by atoms with Crippen LogP contribution in [-0.4, -0.2) is 53.5 Å². The highest BCUT2D eigenvalue weighted by molar-refractivity contribution is 6.13. The van der Waals surface area contributed by atoms with E-state index < -0.39 is 29.6 Å². The molecular formula is C39H39N3O5. The zero-order valence-electron chi connectivity index (χ0n) is 27.1. The molecule has 2 amide bonds. The first-order valence-corrected chi connectivity index (χ1v) is 15.4. The number of esters is 2. The number of nitrogens with zero attached hydrogens (tertiary/aromatic N) is 2. The van der Waals surface area contributed by atoms with Crippen LogP contribution in [0.25, 0.3) is 0 Å². The highest BCUT2D eigenvalue weighted by atomic mass is 16.6. The third-order valence-corrected chi connectivity index (χ3v) is 6.68. The number of carbonyl (C=O) groups excluding carboxylic acids is 3. The predicted octanol–water partition coefficient (Wildman–Crippen LogP) is 6.63. The van der Waals surface area contributed by atoms with Gasteiger partial charge in [0.25, 0.3) is 0 Å². The number of amides is 2. The van der Waals surface area contributed by atoms with Crippen molar-refractivity contribution in [3.8, 4) is 11.8 Å². The van der Waals surface area contributed by atoms with E-state index in [0.29, 0.717) is 16.8 Å². The van der Waals surface area contributed by atoms with Crippen LogP contribution in [0, 0.1) is 11.8 Å². The number of rotatable bonds is 10. The molecule has 1 N–H and O–H groups in total. The van der Waals surface area contributed by atoms with Crippen LogP contribution >= 0.6 is 0 Å². The molecule has 8 nitrogen and oxygen atoms in total. The zero-order chi connectivity index (χ0) is 33.6. The van der Waals surface area contributed by atoms with Gasteiger partial charge in [0, 0.05) is 23.1 Å². The third kappa shape index (κ3) is 10.7. The SMILES string of the molecule is CCOC(=O)c1ccc(C#CCN(N=C(c2ccccc2)c2ccccc2)C(=O)N[C@H](Cc2ccccc2)C(=O)OC(C)(C)C)cc1. The Bertz CT molecular complexity index is 1680. The quantitative estimate of drug-likeness (QED) is 0.0919. The van der Waals surface area contributed by atoms with Gasteiger partial charge in [-0.15, -0.1) is 0 Å². The van der Waals surface area contributed by atoms with Crippen molar-refractivity contribution in [3.05, 3.63) is 143 Å². The van der Waals surface area contributed by atoms with Crippen LogP contribution in [-0.2, 0) is 20.7 Å². The van der Waals surface area contributed by atoms with Gasteiger partial charge in [-0.25, -0.2) is 19.4 Å². The van der Waals surface area contributed by atoms with E-state index in [-0.39, 0.29) is 19.6 Å². The lowest BCUT2D eigenvalue weighted by Gasteiger charge is -2.26. The summed E-state index contributed by atoms with van der Waals surface area (Å²) in [5.41, 5.74) is 3.32. The van der Waals surface area contributed by atoms with Gasteiger partial charge in [0.2, 0.25) is 0 Å². The minimum atomic E-state index is -0.984. The Hall–Kier alpha value is -5.68. The molecular weight excluding hydrogens is 590 g/mol. The molecule has 0 aromatic heterocycles. The van der Waals surface area contributed by atoms with Crippen molar-refractivity contribution in [2.45, 2.75) is 45.8 Å². The lowest BCUT2D eigenvalue weighted by molar-refractivity contribution is -0.157. The molecule has 0 spiro atoms. The van der Waals surface area contributed by atoms with Crippen molar-refractivity contribution < 1.29 is 23.9 Å². The number of ether oxygens (including phenoxy) is 2. The zero-order valence-corrected chi connectivity index (χ0v) is 27.1. The fourth-order valence-electron chi connectivity index (χ4n) is 4.51. The maximum absolute atomic E-state index is 14.0. The summed E-state index contributed by atoms with van der Waals surface area (Å²) in [5, 5.41) is 8.90. The van der Waals surface area contributed by atoms with E-state index in [4.69, 9.17) is 14.6 Å². The first-order chi connectivity index (χ1) is 22.6. The van der Waals surface area contributed by atoms with E-state index in [0.717, 1.165) is 16.7 Å². The van der Waals surface area contributed by atoms with Crippen molar-refractivity contribution in [1.82, 2.24) is 10.3 Å². The summed E-state index contributed by atoms with van der Waals surface area (Å²) in [7, 11) is 0. The van der Waals surface area contributed by atoms with Crippen LogP contribution in [0.2, 0.25) is 0 Å². The number of hydrogen-bond donors (Lipinski definition) is 1. The average Bonchev–Trinajstić information content (AvgIpc) is 3.07. The second-order valence-corrected chi connectivity index (χ2v) is 11.6. The Balaban J connectivity index is 1.69. The number of hydrogen-bond acceptors (Lipinski definition) is 6. The smallest absolute Gasteiger partial charge is 0.339 e. The Morgan fingerprint density at radius 3 is 1.87 bits per heavy atom. The van der Waals surface area contributed by atoms with Gasteiger partial charge >= 0.3 is 18.0 Å². The summed E-state index contributed by atoms with van der Waals surface area (Å²) < 4.78 is 10.7. The number of benzene rings is 4. The second-order valence-electron chi connectivity index (χ2n) is 11.6. The van der Waals surface area contributed by atoms with Crippen LogP contribution in [0.4, 0.5) is 4.79 Å². The van der Waals surface area contributed by atoms with E-state index in [1.54, 1.807) is 52.0 Å². The van der Waals surface area contributed by atoms with Gasteiger partial charge in [-0.05, 0) is 57.5 Å². The van der Waals surface area contributed by atoms with Crippen LogP contribution < -0.4 is 5.32 Å². The van der Waals surface area contributed by atoms with Crippen molar-refractivity contribution in [2.24, 2.45) is 5.10 Å². The van der Waals surface area contributed by atoms with Crippen molar-refractivity contribution in [3.63, 3.8) is 0 Å².